The summed E-state index contributed by atoms with van der Waals surface area (Å²) in [6, 6.07) is 0. The standard InChI is InChI=1S/C15H27N5O/c1-12(2)13-14(16-3)17-11-18-15(13)20-6-4-5-19(7-8-20)9-10-21/h11-12,21H,4-10H2,1-3H3,(H,16,17,18). The Morgan fingerprint density at radius 1 is 1.24 bits per heavy atom. The van der Waals surface area contributed by atoms with Crippen LogP contribution in [-0.2, 0) is 0 Å². The van der Waals surface area contributed by atoms with Gasteiger partial charge in [-0.05, 0) is 18.9 Å². The van der Waals surface area contributed by atoms with Gasteiger partial charge >= 0.3 is 0 Å². The number of nitrogens with zero attached hydrogens (tertiary/aromatic N) is 4. The first-order valence-electron chi connectivity index (χ1n) is 7.78. The lowest BCUT2D eigenvalue weighted by Crippen LogP contribution is -2.33. The van der Waals surface area contributed by atoms with E-state index in [1.54, 1.807) is 6.33 Å². The van der Waals surface area contributed by atoms with Gasteiger partial charge in [0.25, 0.3) is 0 Å². The van der Waals surface area contributed by atoms with E-state index in [0.717, 1.165) is 50.8 Å². The lowest BCUT2D eigenvalue weighted by Gasteiger charge is -2.26. The highest BCUT2D eigenvalue weighted by Gasteiger charge is 2.21. The fourth-order valence-electron chi connectivity index (χ4n) is 2.92. The van der Waals surface area contributed by atoms with Gasteiger partial charge in [0.05, 0.1) is 6.61 Å². The third-order valence-corrected chi connectivity index (χ3v) is 3.98. The molecule has 1 aliphatic rings. The average Bonchev–Trinajstić information content (AvgIpc) is 2.72. The minimum absolute atomic E-state index is 0.231. The van der Waals surface area contributed by atoms with Crippen molar-refractivity contribution in [1.29, 1.82) is 0 Å². The molecular formula is C15H27N5O. The molecule has 0 saturated carbocycles. The molecule has 2 heterocycles. The second kappa shape index (κ2) is 7.56. The van der Waals surface area contributed by atoms with Crippen LogP contribution in [-0.4, -0.2) is 66.4 Å². The molecule has 1 aromatic heterocycles. The molecule has 0 spiro atoms. The average molecular weight is 293 g/mol. The molecule has 6 nitrogen and oxygen atoms in total. The molecule has 0 unspecified atom stereocenters. The fraction of sp³-hybridized carbons (Fsp3) is 0.733. The Morgan fingerprint density at radius 3 is 2.71 bits per heavy atom. The van der Waals surface area contributed by atoms with Gasteiger partial charge in [-0.1, -0.05) is 13.8 Å². The first-order chi connectivity index (χ1) is 10.2. The fourth-order valence-corrected chi connectivity index (χ4v) is 2.92. The van der Waals surface area contributed by atoms with Crippen molar-refractivity contribution in [3.05, 3.63) is 11.9 Å². The quantitative estimate of drug-likeness (QED) is 0.849. The second-order valence-corrected chi connectivity index (χ2v) is 5.77. The van der Waals surface area contributed by atoms with Gasteiger partial charge in [-0.25, -0.2) is 9.97 Å². The summed E-state index contributed by atoms with van der Waals surface area (Å²) in [5, 5.41) is 12.3. The monoisotopic (exact) mass is 293 g/mol. The molecule has 1 saturated heterocycles. The molecule has 0 aromatic carbocycles. The van der Waals surface area contributed by atoms with Crippen LogP contribution in [0.5, 0.6) is 0 Å². The van der Waals surface area contributed by atoms with E-state index in [9.17, 15) is 0 Å². The summed E-state index contributed by atoms with van der Waals surface area (Å²) in [5.74, 6) is 2.35. The van der Waals surface area contributed by atoms with Crippen LogP contribution in [0.1, 0.15) is 31.7 Å². The van der Waals surface area contributed by atoms with Gasteiger partial charge in [0.15, 0.2) is 0 Å². The highest BCUT2D eigenvalue weighted by molar-refractivity contribution is 5.60. The lowest BCUT2D eigenvalue weighted by molar-refractivity contribution is 0.204. The molecule has 0 radical (unpaired) electrons. The Morgan fingerprint density at radius 2 is 2.05 bits per heavy atom. The Kier molecular flexibility index (Phi) is 5.76. The van der Waals surface area contributed by atoms with Crippen LogP contribution in [0.4, 0.5) is 11.6 Å². The number of β-amino-alcohol motifs (C(OH)–C–C–N with tert-alkyl or cyclic N) is 1. The van der Waals surface area contributed by atoms with Crippen LogP contribution in [0.15, 0.2) is 6.33 Å². The number of hydrogen-bond acceptors (Lipinski definition) is 6. The largest absolute Gasteiger partial charge is 0.395 e. The molecule has 0 amide bonds. The minimum atomic E-state index is 0.231. The molecule has 0 aliphatic carbocycles. The first kappa shape index (κ1) is 16.0. The Bertz CT molecular complexity index is 452. The smallest absolute Gasteiger partial charge is 0.137 e. The van der Waals surface area contributed by atoms with Crippen LogP contribution >= 0.6 is 0 Å². The summed E-state index contributed by atoms with van der Waals surface area (Å²) in [6.07, 6.45) is 2.74. The summed E-state index contributed by atoms with van der Waals surface area (Å²) in [7, 11) is 1.91. The van der Waals surface area contributed by atoms with Crippen molar-refractivity contribution in [3.63, 3.8) is 0 Å². The maximum atomic E-state index is 9.09. The molecule has 2 N–H and O–H groups in total. The number of nitrogens with one attached hydrogen (secondary N) is 1. The van der Waals surface area contributed by atoms with E-state index in [0.29, 0.717) is 5.92 Å². The molecule has 2 rings (SSSR count). The van der Waals surface area contributed by atoms with Gasteiger partial charge in [0.1, 0.15) is 18.0 Å². The molecule has 118 valence electrons. The van der Waals surface area contributed by atoms with Crippen LogP contribution < -0.4 is 10.2 Å². The second-order valence-electron chi connectivity index (χ2n) is 5.77. The van der Waals surface area contributed by atoms with Crippen molar-refractivity contribution in [2.24, 2.45) is 0 Å². The van der Waals surface area contributed by atoms with Crippen molar-refractivity contribution < 1.29 is 5.11 Å². The van der Waals surface area contributed by atoms with Crippen LogP contribution in [0, 0.1) is 0 Å². The van der Waals surface area contributed by atoms with E-state index in [2.05, 4.69) is 38.9 Å². The molecule has 1 fully saturated rings. The zero-order valence-electron chi connectivity index (χ0n) is 13.3. The van der Waals surface area contributed by atoms with Gasteiger partial charge in [-0.2, -0.15) is 0 Å². The SMILES string of the molecule is CNc1ncnc(N2CCCN(CCO)CC2)c1C(C)C. The number of hydrogen-bond donors (Lipinski definition) is 2. The normalized spacial score (nSPS) is 17.1. The molecule has 21 heavy (non-hydrogen) atoms. The summed E-state index contributed by atoms with van der Waals surface area (Å²) < 4.78 is 0. The molecule has 1 aliphatic heterocycles. The number of aliphatic hydroxyl groups excluding tert-OH is 1. The Labute approximate surface area is 127 Å². The highest BCUT2D eigenvalue weighted by atomic mass is 16.3. The van der Waals surface area contributed by atoms with E-state index in [1.807, 2.05) is 7.05 Å². The maximum absolute atomic E-state index is 9.09. The maximum Gasteiger partial charge on any atom is 0.137 e. The molecule has 1 aromatic rings. The lowest BCUT2D eigenvalue weighted by atomic mass is 10.0. The van der Waals surface area contributed by atoms with E-state index < -0.39 is 0 Å². The predicted molar refractivity (Wildman–Crippen MR) is 86.0 cm³/mol. The zero-order valence-corrected chi connectivity index (χ0v) is 13.3. The molecule has 6 heteroatoms. The number of aliphatic hydroxyl groups is 1. The summed E-state index contributed by atoms with van der Waals surface area (Å²) in [4.78, 5) is 13.6. The topological polar surface area (TPSA) is 64.5 Å². The van der Waals surface area contributed by atoms with Gasteiger partial charge in [-0.15, -0.1) is 0 Å². The van der Waals surface area contributed by atoms with Crippen LogP contribution in [0.25, 0.3) is 0 Å². The third kappa shape index (κ3) is 3.83. The number of aromatic nitrogens is 2. The van der Waals surface area contributed by atoms with Crippen molar-refractivity contribution >= 4 is 11.6 Å². The van der Waals surface area contributed by atoms with Crippen LogP contribution in [0.2, 0.25) is 0 Å². The molecule has 0 atom stereocenters. The van der Waals surface area contributed by atoms with Gasteiger partial charge < -0.3 is 15.3 Å². The van der Waals surface area contributed by atoms with E-state index in [1.165, 1.54) is 5.56 Å². The number of rotatable bonds is 5. The van der Waals surface area contributed by atoms with E-state index >= 15 is 0 Å². The van der Waals surface area contributed by atoms with Crippen molar-refractivity contribution in [2.75, 3.05) is 56.6 Å². The number of anilines is 2. The Hall–Kier alpha value is -1.40. The van der Waals surface area contributed by atoms with Gasteiger partial charge in [0, 0.05) is 38.8 Å². The summed E-state index contributed by atoms with van der Waals surface area (Å²) >= 11 is 0. The predicted octanol–water partition coefficient (Wildman–Crippen LogP) is 1.15. The van der Waals surface area contributed by atoms with E-state index in [-0.39, 0.29) is 6.61 Å². The zero-order chi connectivity index (χ0) is 15.2. The molecule has 0 bridgehead atoms. The first-order valence-corrected chi connectivity index (χ1v) is 7.78. The third-order valence-electron chi connectivity index (χ3n) is 3.98. The Balaban J connectivity index is 2.21. The van der Waals surface area contributed by atoms with Crippen molar-refractivity contribution in [1.82, 2.24) is 14.9 Å². The summed E-state index contributed by atoms with van der Waals surface area (Å²) in [5.41, 5.74) is 1.19. The van der Waals surface area contributed by atoms with Crippen molar-refractivity contribution in [3.8, 4) is 0 Å². The van der Waals surface area contributed by atoms with Gasteiger partial charge in [0.2, 0.25) is 0 Å². The van der Waals surface area contributed by atoms with E-state index in [4.69, 9.17) is 5.11 Å². The highest BCUT2D eigenvalue weighted by Crippen LogP contribution is 2.31. The van der Waals surface area contributed by atoms with Crippen LogP contribution in [0.3, 0.4) is 0 Å². The molecular weight excluding hydrogens is 266 g/mol. The summed E-state index contributed by atoms with van der Waals surface area (Å²) in [6.45, 7) is 9.31. The minimum Gasteiger partial charge on any atom is -0.395 e. The van der Waals surface area contributed by atoms with Gasteiger partial charge in [-0.3, -0.25) is 4.90 Å². The van der Waals surface area contributed by atoms with Crippen molar-refractivity contribution in [2.45, 2.75) is 26.2 Å².